The Kier molecular flexibility index (Phi) is 3.85. The lowest BCUT2D eigenvalue weighted by Crippen LogP contribution is -2.65. The highest BCUT2D eigenvalue weighted by atomic mass is 32.1. The van der Waals surface area contributed by atoms with Crippen molar-refractivity contribution in [2.45, 2.75) is 12.6 Å². The minimum absolute atomic E-state index is 0.0367. The van der Waals surface area contributed by atoms with Crippen molar-refractivity contribution in [3.8, 4) is 5.13 Å². The van der Waals surface area contributed by atoms with E-state index in [0.717, 1.165) is 23.9 Å². The van der Waals surface area contributed by atoms with Crippen molar-refractivity contribution in [3.63, 3.8) is 0 Å². The Morgan fingerprint density at radius 3 is 3.00 bits per heavy atom. The van der Waals surface area contributed by atoms with Gasteiger partial charge in [-0.2, -0.15) is 0 Å². The van der Waals surface area contributed by atoms with Gasteiger partial charge in [-0.15, -0.1) is 11.3 Å². The average molecular weight is 345 g/mol. The van der Waals surface area contributed by atoms with Crippen LogP contribution in [0.25, 0.3) is 5.13 Å². The summed E-state index contributed by atoms with van der Waals surface area (Å²) in [5, 5.41) is 2.90. The molecular weight excluding hydrogens is 326 g/mol. The number of amides is 2. The maximum Gasteiger partial charge on any atom is 0.246 e. The third-order valence-electron chi connectivity index (χ3n) is 4.66. The van der Waals surface area contributed by atoms with Crippen molar-refractivity contribution >= 4 is 23.2 Å². The maximum absolute atomic E-state index is 12.4. The van der Waals surface area contributed by atoms with E-state index in [1.165, 1.54) is 4.90 Å². The van der Waals surface area contributed by atoms with E-state index in [0.29, 0.717) is 13.1 Å². The summed E-state index contributed by atoms with van der Waals surface area (Å²) in [7, 11) is 1.70. The van der Waals surface area contributed by atoms with Gasteiger partial charge in [-0.05, 0) is 12.1 Å². The van der Waals surface area contributed by atoms with Crippen LogP contribution in [0.2, 0.25) is 0 Å². The minimum atomic E-state index is -0.353. The van der Waals surface area contributed by atoms with E-state index in [9.17, 15) is 9.59 Å². The number of fused-ring (bicyclic) bond motifs is 1. The van der Waals surface area contributed by atoms with Gasteiger partial charge in [0, 0.05) is 56.7 Å². The Bertz CT molecular complexity index is 756. The number of rotatable bonds is 3. The molecular formula is C16H19N5O2S. The fourth-order valence-electron chi connectivity index (χ4n) is 3.41. The van der Waals surface area contributed by atoms with Crippen LogP contribution in [-0.2, 0) is 16.1 Å². The third-order valence-corrected chi connectivity index (χ3v) is 5.43. The predicted molar refractivity (Wildman–Crippen MR) is 89.9 cm³/mol. The van der Waals surface area contributed by atoms with Gasteiger partial charge >= 0.3 is 0 Å². The van der Waals surface area contributed by atoms with Crippen molar-refractivity contribution in [2.24, 2.45) is 0 Å². The van der Waals surface area contributed by atoms with Crippen LogP contribution in [0.5, 0.6) is 0 Å². The molecule has 2 aliphatic heterocycles. The summed E-state index contributed by atoms with van der Waals surface area (Å²) >= 11 is 1.60. The maximum atomic E-state index is 12.4. The molecule has 0 aromatic carbocycles. The quantitative estimate of drug-likeness (QED) is 0.809. The van der Waals surface area contributed by atoms with Gasteiger partial charge in [0.25, 0.3) is 0 Å². The first-order chi connectivity index (χ1) is 11.6. The Morgan fingerprint density at radius 1 is 1.33 bits per heavy atom. The van der Waals surface area contributed by atoms with Crippen molar-refractivity contribution in [2.75, 3.05) is 33.2 Å². The van der Waals surface area contributed by atoms with E-state index in [1.807, 2.05) is 17.6 Å². The normalized spacial score (nSPS) is 22.1. The molecule has 24 heavy (non-hydrogen) atoms. The molecule has 0 saturated carbocycles. The molecule has 2 aromatic heterocycles. The third kappa shape index (κ3) is 2.61. The molecule has 1 unspecified atom stereocenters. The number of nitrogens with zero attached hydrogens (tertiary/aromatic N) is 5. The van der Waals surface area contributed by atoms with Gasteiger partial charge in [0.05, 0.1) is 6.54 Å². The monoisotopic (exact) mass is 345 g/mol. The largest absolute Gasteiger partial charge is 0.335 e. The summed E-state index contributed by atoms with van der Waals surface area (Å²) in [4.78, 5) is 34.4. The van der Waals surface area contributed by atoms with Gasteiger partial charge in [-0.3, -0.25) is 19.1 Å². The summed E-state index contributed by atoms with van der Waals surface area (Å²) in [6.07, 6.45) is 3.80. The second kappa shape index (κ2) is 6.03. The fourth-order valence-corrected chi connectivity index (χ4v) is 4.07. The van der Waals surface area contributed by atoms with Gasteiger partial charge < -0.3 is 9.80 Å². The molecule has 2 fully saturated rings. The first kappa shape index (κ1) is 15.3. The lowest BCUT2D eigenvalue weighted by molar-refractivity contribution is -0.158. The molecule has 2 aliphatic rings. The molecule has 0 bridgehead atoms. The summed E-state index contributed by atoms with van der Waals surface area (Å²) in [6.45, 7) is 2.91. The smallest absolute Gasteiger partial charge is 0.246 e. The van der Waals surface area contributed by atoms with Crippen LogP contribution in [0.15, 0.2) is 29.9 Å². The molecule has 1 atom stereocenters. The van der Waals surface area contributed by atoms with Crippen molar-refractivity contribution in [3.05, 3.63) is 35.6 Å². The molecule has 0 radical (unpaired) electrons. The minimum Gasteiger partial charge on any atom is -0.335 e. The SMILES string of the molecule is CN1CC(=O)N2CCN(Cc3cccn3-c3nccs3)CC2C1=O. The molecule has 4 heterocycles. The highest BCUT2D eigenvalue weighted by Gasteiger charge is 2.41. The van der Waals surface area contributed by atoms with Crippen LogP contribution in [-0.4, -0.2) is 75.3 Å². The van der Waals surface area contributed by atoms with Crippen molar-refractivity contribution in [1.82, 2.24) is 24.3 Å². The van der Waals surface area contributed by atoms with E-state index in [1.54, 1.807) is 29.5 Å². The number of aromatic nitrogens is 2. The van der Waals surface area contributed by atoms with E-state index >= 15 is 0 Å². The zero-order chi connectivity index (χ0) is 16.7. The fraction of sp³-hybridized carbons (Fsp3) is 0.438. The van der Waals surface area contributed by atoms with Crippen LogP contribution in [0.4, 0.5) is 0 Å². The molecule has 126 valence electrons. The molecule has 2 amide bonds. The number of likely N-dealkylation sites (N-methyl/N-ethyl adjacent to an activating group) is 1. The highest BCUT2D eigenvalue weighted by molar-refractivity contribution is 7.12. The predicted octanol–water partition coefficient (Wildman–Crippen LogP) is 0.419. The first-order valence-corrected chi connectivity index (χ1v) is 8.84. The molecule has 0 aliphatic carbocycles. The van der Waals surface area contributed by atoms with Gasteiger partial charge in [-0.1, -0.05) is 0 Å². The van der Waals surface area contributed by atoms with Gasteiger partial charge in [0.1, 0.15) is 6.04 Å². The van der Waals surface area contributed by atoms with E-state index in [-0.39, 0.29) is 24.4 Å². The van der Waals surface area contributed by atoms with Crippen molar-refractivity contribution < 1.29 is 9.59 Å². The standard InChI is InChI=1S/C16H19N5O2S/c1-18-11-14(22)21-7-6-19(10-13(21)15(18)23)9-12-3-2-5-20(12)16-17-4-8-24-16/h2-5,8,13H,6-7,9-11H2,1H3. The van der Waals surface area contributed by atoms with E-state index < -0.39 is 0 Å². The topological polar surface area (TPSA) is 61.7 Å². The van der Waals surface area contributed by atoms with Gasteiger partial charge in [0.15, 0.2) is 5.13 Å². The number of carbonyl (C=O) groups is 2. The number of thiazole rings is 1. The lowest BCUT2D eigenvalue weighted by Gasteiger charge is -2.45. The van der Waals surface area contributed by atoms with Crippen LogP contribution in [0.1, 0.15) is 5.69 Å². The zero-order valence-corrected chi connectivity index (χ0v) is 14.3. The van der Waals surface area contributed by atoms with Crippen LogP contribution in [0, 0.1) is 0 Å². The Hall–Kier alpha value is -2.19. The van der Waals surface area contributed by atoms with Gasteiger partial charge in [0.2, 0.25) is 11.8 Å². The molecule has 0 N–H and O–H groups in total. The Morgan fingerprint density at radius 2 is 2.21 bits per heavy atom. The lowest BCUT2D eigenvalue weighted by atomic mass is 10.1. The first-order valence-electron chi connectivity index (χ1n) is 7.96. The second-order valence-corrected chi connectivity index (χ2v) is 7.09. The zero-order valence-electron chi connectivity index (χ0n) is 13.5. The van der Waals surface area contributed by atoms with Crippen LogP contribution in [0.3, 0.4) is 0 Å². The summed E-state index contributed by atoms with van der Waals surface area (Å²) in [5.74, 6) is 0.0857. The Labute approximate surface area is 144 Å². The van der Waals surface area contributed by atoms with Crippen molar-refractivity contribution in [1.29, 1.82) is 0 Å². The Balaban J connectivity index is 1.50. The second-order valence-electron chi connectivity index (χ2n) is 6.22. The van der Waals surface area contributed by atoms with Crippen LogP contribution >= 0.6 is 11.3 Å². The van der Waals surface area contributed by atoms with Gasteiger partial charge in [-0.25, -0.2) is 4.98 Å². The molecule has 0 spiro atoms. The summed E-state index contributed by atoms with van der Waals surface area (Å²) in [5.41, 5.74) is 1.14. The molecule has 8 heteroatoms. The highest BCUT2D eigenvalue weighted by Crippen LogP contribution is 2.21. The summed E-state index contributed by atoms with van der Waals surface area (Å²) in [6, 6.07) is 3.73. The number of piperazine rings is 2. The molecule has 2 saturated heterocycles. The average Bonchev–Trinajstić information content (AvgIpc) is 3.23. The molecule has 4 rings (SSSR count). The van der Waals surface area contributed by atoms with E-state index in [4.69, 9.17) is 0 Å². The molecule has 7 nitrogen and oxygen atoms in total. The summed E-state index contributed by atoms with van der Waals surface area (Å²) < 4.78 is 2.08. The van der Waals surface area contributed by atoms with E-state index in [2.05, 4.69) is 20.5 Å². The van der Waals surface area contributed by atoms with Crippen LogP contribution < -0.4 is 0 Å². The number of carbonyl (C=O) groups excluding carboxylic acids is 2. The number of hydrogen-bond donors (Lipinski definition) is 0. The molecule has 2 aromatic rings. The number of hydrogen-bond acceptors (Lipinski definition) is 5.